The zero-order valence-electron chi connectivity index (χ0n) is 13.1. The maximum Gasteiger partial charge on any atom is 0.315 e. The van der Waals surface area contributed by atoms with Crippen LogP contribution in [0.2, 0.25) is 0 Å². The Morgan fingerprint density at radius 1 is 1.19 bits per heavy atom. The van der Waals surface area contributed by atoms with E-state index in [1.807, 2.05) is 0 Å². The lowest BCUT2D eigenvalue weighted by molar-refractivity contribution is -0.139. The molecule has 7 heteroatoms. The normalized spacial score (nSPS) is 24.3. The van der Waals surface area contributed by atoms with Crippen LogP contribution in [0.25, 0.3) is 0 Å². The number of piperidine rings is 1. The van der Waals surface area contributed by atoms with Crippen molar-refractivity contribution in [1.82, 2.24) is 16.0 Å². The van der Waals surface area contributed by atoms with E-state index in [9.17, 15) is 9.59 Å². The summed E-state index contributed by atoms with van der Waals surface area (Å²) < 4.78 is 0. The van der Waals surface area contributed by atoms with Crippen LogP contribution in [0.5, 0.6) is 0 Å². The van der Waals surface area contributed by atoms with Crippen molar-refractivity contribution in [2.24, 2.45) is 4.99 Å². The monoisotopic (exact) mass is 312 g/mol. The standard InChI is InChI=1S/C14H24N4O2S/c1-13(2)7-9(8-14(3,4)18-13)16-10(19)11(20)17-12-15-5-6-21-12/h9,18H,5-8H2,1-4H3,(H,16,19)(H,15,17,20). The second-order valence-corrected chi connectivity index (χ2v) is 8.04. The Labute approximate surface area is 129 Å². The first-order valence-electron chi connectivity index (χ1n) is 7.25. The quantitative estimate of drug-likeness (QED) is 0.620. The highest BCUT2D eigenvalue weighted by Gasteiger charge is 2.38. The summed E-state index contributed by atoms with van der Waals surface area (Å²) in [6.07, 6.45) is 1.59. The van der Waals surface area contributed by atoms with Crippen LogP contribution in [0.4, 0.5) is 0 Å². The molecular formula is C14H24N4O2S. The van der Waals surface area contributed by atoms with Gasteiger partial charge in [-0.05, 0) is 40.5 Å². The highest BCUT2D eigenvalue weighted by atomic mass is 32.2. The summed E-state index contributed by atoms with van der Waals surface area (Å²) in [5, 5.41) is 9.50. The zero-order valence-corrected chi connectivity index (χ0v) is 13.9. The molecule has 2 amide bonds. The molecule has 0 aromatic rings. The highest BCUT2D eigenvalue weighted by Crippen LogP contribution is 2.28. The molecule has 1 fully saturated rings. The minimum absolute atomic E-state index is 0.00679. The summed E-state index contributed by atoms with van der Waals surface area (Å²) >= 11 is 1.46. The molecule has 21 heavy (non-hydrogen) atoms. The van der Waals surface area contributed by atoms with Gasteiger partial charge in [-0.1, -0.05) is 11.8 Å². The van der Waals surface area contributed by atoms with E-state index in [0.717, 1.165) is 18.6 Å². The lowest BCUT2D eigenvalue weighted by Gasteiger charge is -2.46. The summed E-state index contributed by atoms with van der Waals surface area (Å²) in [7, 11) is 0. The Kier molecular flexibility index (Phi) is 4.63. The van der Waals surface area contributed by atoms with Crippen molar-refractivity contribution in [1.29, 1.82) is 0 Å². The number of amides is 2. The van der Waals surface area contributed by atoms with Crippen LogP contribution >= 0.6 is 11.8 Å². The number of rotatable bonds is 1. The van der Waals surface area contributed by atoms with Gasteiger partial charge in [0.2, 0.25) is 0 Å². The van der Waals surface area contributed by atoms with Crippen molar-refractivity contribution in [3.63, 3.8) is 0 Å². The van der Waals surface area contributed by atoms with Gasteiger partial charge in [-0.25, -0.2) is 0 Å². The molecule has 2 aliphatic heterocycles. The number of amidine groups is 1. The Balaban J connectivity index is 1.90. The van der Waals surface area contributed by atoms with E-state index < -0.39 is 11.8 Å². The lowest BCUT2D eigenvalue weighted by Crippen LogP contribution is -2.62. The predicted octanol–water partition coefficient (Wildman–Crippen LogP) is 0.631. The summed E-state index contributed by atoms with van der Waals surface area (Å²) in [6.45, 7) is 9.13. The van der Waals surface area contributed by atoms with Crippen LogP contribution in [0.3, 0.4) is 0 Å². The van der Waals surface area contributed by atoms with Gasteiger partial charge in [0.15, 0.2) is 5.17 Å². The number of nitrogens with one attached hydrogen (secondary N) is 3. The second kappa shape index (κ2) is 5.96. The summed E-state index contributed by atoms with van der Waals surface area (Å²) in [5.74, 6) is -0.352. The number of hydrogen-bond acceptors (Lipinski definition) is 5. The predicted molar refractivity (Wildman–Crippen MR) is 85.4 cm³/mol. The molecule has 0 unspecified atom stereocenters. The van der Waals surface area contributed by atoms with Gasteiger partial charge in [0, 0.05) is 22.9 Å². The molecule has 0 aliphatic carbocycles. The lowest BCUT2D eigenvalue weighted by atomic mass is 9.79. The molecule has 2 aliphatic rings. The number of carbonyl (C=O) groups excluding carboxylic acids is 2. The number of aliphatic imine (C=N–C) groups is 1. The van der Waals surface area contributed by atoms with E-state index >= 15 is 0 Å². The van der Waals surface area contributed by atoms with Gasteiger partial charge in [-0.15, -0.1) is 0 Å². The van der Waals surface area contributed by atoms with Crippen LogP contribution in [-0.2, 0) is 9.59 Å². The number of hydrogen-bond donors (Lipinski definition) is 3. The van der Waals surface area contributed by atoms with Crippen LogP contribution in [-0.4, -0.2) is 46.4 Å². The minimum atomic E-state index is -0.628. The number of nitrogens with zero attached hydrogens (tertiary/aromatic N) is 1. The summed E-state index contributed by atoms with van der Waals surface area (Å²) in [6, 6.07) is -0.00679. The Morgan fingerprint density at radius 2 is 1.81 bits per heavy atom. The van der Waals surface area contributed by atoms with Gasteiger partial charge in [-0.2, -0.15) is 0 Å². The molecule has 118 valence electrons. The van der Waals surface area contributed by atoms with E-state index in [0.29, 0.717) is 11.7 Å². The average molecular weight is 312 g/mol. The first-order chi connectivity index (χ1) is 9.67. The summed E-state index contributed by atoms with van der Waals surface area (Å²) in [4.78, 5) is 28.0. The Hall–Kier alpha value is -1.08. The van der Waals surface area contributed by atoms with Crippen LogP contribution in [0.1, 0.15) is 40.5 Å². The second-order valence-electron chi connectivity index (χ2n) is 6.96. The molecule has 3 N–H and O–H groups in total. The van der Waals surface area contributed by atoms with Gasteiger partial charge < -0.3 is 10.6 Å². The van der Waals surface area contributed by atoms with Crippen molar-refractivity contribution in [2.45, 2.75) is 57.7 Å². The van der Waals surface area contributed by atoms with E-state index in [4.69, 9.17) is 0 Å². The first kappa shape index (κ1) is 16.3. The van der Waals surface area contributed by atoms with Crippen molar-refractivity contribution in [3.05, 3.63) is 0 Å². The molecule has 6 nitrogen and oxygen atoms in total. The van der Waals surface area contributed by atoms with Gasteiger partial charge in [0.1, 0.15) is 0 Å². The largest absolute Gasteiger partial charge is 0.345 e. The average Bonchev–Trinajstić information content (AvgIpc) is 2.76. The Bertz CT molecular complexity index is 458. The van der Waals surface area contributed by atoms with Crippen LogP contribution in [0, 0.1) is 0 Å². The maximum atomic E-state index is 12.0. The van der Waals surface area contributed by atoms with E-state index in [2.05, 4.69) is 48.6 Å². The summed E-state index contributed by atoms with van der Waals surface area (Å²) in [5.41, 5.74) is -0.136. The van der Waals surface area contributed by atoms with Gasteiger partial charge in [-0.3, -0.25) is 19.9 Å². The molecule has 0 aromatic carbocycles. The van der Waals surface area contributed by atoms with E-state index in [1.54, 1.807) is 0 Å². The molecule has 0 saturated carbocycles. The minimum Gasteiger partial charge on any atom is -0.345 e. The van der Waals surface area contributed by atoms with Gasteiger partial charge in [0.25, 0.3) is 0 Å². The molecular weight excluding hydrogens is 288 g/mol. The third-order valence-corrected chi connectivity index (χ3v) is 4.43. The Morgan fingerprint density at radius 3 is 2.33 bits per heavy atom. The molecule has 0 spiro atoms. The molecule has 2 rings (SSSR count). The first-order valence-corrected chi connectivity index (χ1v) is 8.24. The van der Waals surface area contributed by atoms with Crippen molar-refractivity contribution >= 4 is 28.7 Å². The topological polar surface area (TPSA) is 82.6 Å². The zero-order chi connectivity index (χ0) is 15.7. The van der Waals surface area contributed by atoms with Crippen molar-refractivity contribution in [3.8, 4) is 0 Å². The third-order valence-electron chi connectivity index (χ3n) is 3.54. The van der Waals surface area contributed by atoms with Crippen LogP contribution < -0.4 is 16.0 Å². The fraction of sp³-hybridized carbons (Fsp3) is 0.786. The molecule has 1 saturated heterocycles. The van der Waals surface area contributed by atoms with Gasteiger partial charge in [0.05, 0.1) is 6.54 Å². The fourth-order valence-electron chi connectivity index (χ4n) is 3.24. The molecule has 0 radical (unpaired) electrons. The molecule has 0 aromatic heterocycles. The van der Waals surface area contributed by atoms with Crippen molar-refractivity contribution in [2.75, 3.05) is 12.3 Å². The third kappa shape index (κ3) is 4.71. The number of thioether (sulfide) groups is 1. The molecule has 0 bridgehead atoms. The molecule has 2 heterocycles. The van der Waals surface area contributed by atoms with Gasteiger partial charge >= 0.3 is 11.8 Å². The van der Waals surface area contributed by atoms with E-state index in [-0.39, 0.29) is 17.1 Å². The van der Waals surface area contributed by atoms with Crippen molar-refractivity contribution < 1.29 is 9.59 Å². The smallest absolute Gasteiger partial charge is 0.315 e. The highest BCUT2D eigenvalue weighted by molar-refractivity contribution is 8.14. The fourth-order valence-corrected chi connectivity index (χ4v) is 3.96. The van der Waals surface area contributed by atoms with Crippen LogP contribution in [0.15, 0.2) is 4.99 Å². The molecule has 0 atom stereocenters. The van der Waals surface area contributed by atoms with E-state index in [1.165, 1.54) is 11.8 Å². The maximum absolute atomic E-state index is 12.0. The number of carbonyl (C=O) groups is 2. The SMILES string of the molecule is CC1(C)CC(NC(=O)C(=O)NC2=NCCS2)CC(C)(C)N1.